The molecule has 0 saturated heterocycles. The maximum Gasteiger partial charge on any atom is 0.0791 e. The zero-order valence-electron chi connectivity index (χ0n) is 8.83. The van der Waals surface area contributed by atoms with E-state index in [4.69, 9.17) is 18.0 Å². The average Bonchev–Trinajstić information content (AvgIpc) is 2.16. The minimum atomic E-state index is -0.462. The van der Waals surface area contributed by atoms with Crippen molar-refractivity contribution in [1.29, 1.82) is 0 Å². The van der Waals surface area contributed by atoms with Crippen molar-refractivity contribution in [2.24, 2.45) is 0 Å². The molecule has 0 heterocycles. The van der Waals surface area contributed by atoms with Crippen LogP contribution < -0.4 is 0 Å². The number of aryl methyl sites for hydroxylation is 1. The average molecular weight is 223 g/mol. The van der Waals surface area contributed by atoms with Crippen LogP contribution in [0.25, 0.3) is 0 Å². The van der Waals surface area contributed by atoms with Gasteiger partial charge in [0.1, 0.15) is 0 Å². The van der Waals surface area contributed by atoms with Crippen LogP contribution in [0, 0.1) is 19.3 Å². The van der Waals surface area contributed by atoms with Gasteiger partial charge in [0.15, 0.2) is 0 Å². The molecule has 2 heteroatoms. The van der Waals surface area contributed by atoms with Crippen LogP contribution in [0.15, 0.2) is 18.2 Å². The van der Waals surface area contributed by atoms with Crippen molar-refractivity contribution in [1.82, 2.24) is 0 Å². The normalized spacial score (nSPS) is 12.1. The molecule has 0 spiro atoms. The molecular formula is C13H15ClO. The first-order valence-corrected chi connectivity index (χ1v) is 5.40. The highest BCUT2D eigenvalue weighted by molar-refractivity contribution is 6.30. The SMILES string of the molecule is C#CCCCC(O)c1cc(C)cc(Cl)c1. The third-order valence-electron chi connectivity index (χ3n) is 2.25. The molecule has 0 aliphatic carbocycles. The first-order valence-electron chi connectivity index (χ1n) is 5.02. The van der Waals surface area contributed by atoms with Gasteiger partial charge < -0.3 is 5.11 Å². The topological polar surface area (TPSA) is 20.2 Å². The number of hydrogen-bond acceptors (Lipinski definition) is 1. The minimum Gasteiger partial charge on any atom is -0.388 e. The van der Waals surface area contributed by atoms with E-state index < -0.39 is 6.10 Å². The lowest BCUT2D eigenvalue weighted by molar-refractivity contribution is 0.165. The number of aliphatic hydroxyl groups excluding tert-OH is 1. The Labute approximate surface area is 96.1 Å². The Bertz CT molecular complexity index is 345. The summed E-state index contributed by atoms with van der Waals surface area (Å²) in [6.45, 7) is 1.96. The summed E-state index contributed by atoms with van der Waals surface area (Å²) in [5.41, 5.74) is 1.94. The Morgan fingerprint density at radius 3 is 2.80 bits per heavy atom. The molecular weight excluding hydrogens is 208 g/mol. The van der Waals surface area contributed by atoms with Gasteiger partial charge in [0.25, 0.3) is 0 Å². The Balaban J connectivity index is 2.65. The maximum absolute atomic E-state index is 9.87. The van der Waals surface area contributed by atoms with Crippen molar-refractivity contribution in [3.05, 3.63) is 34.3 Å². The number of benzene rings is 1. The zero-order valence-corrected chi connectivity index (χ0v) is 9.59. The van der Waals surface area contributed by atoms with E-state index in [1.807, 2.05) is 19.1 Å². The van der Waals surface area contributed by atoms with Crippen LogP contribution in [-0.2, 0) is 0 Å². The van der Waals surface area contributed by atoms with Crippen molar-refractivity contribution in [3.63, 3.8) is 0 Å². The summed E-state index contributed by atoms with van der Waals surface area (Å²) in [6.07, 6.45) is 6.91. The lowest BCUT2D eigenvalue weighted by Crippen LogP contribution is -1.97. The third kappa shape index (κ3) is 3.95. The number of rotatable bonds is 4. The van der Waals surface area contributed by atoms with Gasteiger partial charge in [-0.3, -0.25) is 0 Å². The van der Waals surface area contributed by atoms with Crippen molar-refractivity contribution in [2.75, 3.05) is 0 Å². The molecule has 0 saturated carbocycles. The number of unbranched alkanes of at least 4 members (excludes halogenated alkanes) is 1. The van der Waals surface area contributed by atoms with E-state index in [-0.39, 0.29) is 0 Å². The van der Waals surface area contributed by atoms with Crippen LogP contribution >= 0.6 is 11.6 Å². The first kappa shape index (κ1) is 12.1. The van der Waals surface area contributed by atoms with Gasteiger partial charge >= 0.3 is 0 Å². The summed E-state index contributed by atoms with van der Waals surface area (Å²) >= 11 is 5.91. The molecule has 0 bridgehead atoms. The van der Waals surface area contributed by atoms with Crippen molar-refractivity contribution >= 4 is 11.6 Å². The molecule has 1 N–H and O–H groups in total. The number of terminal acetylenes is 1. The highest BCUT2D eigenvalue weighted by atomic mass is 35.5. The number of hydrogen-bond donors (Lipinski definition) is 1. The second-order valence-corrected chi connectivity index (χ2v) is 4.11. The number of halogens is 1. The molecule has 0 aliphatic heterocycles. The van der Waals surface area contributed by atoms with E-state index in [9.17, 15) is 5.11 Å². The molecule has 0 aliphatic rings. The number of aliphatic hydroxyl groups is 1. The Hall–Kier alpha value is -0.970. The summed E-state index contributed by atoms with van der Waals surface area (Å²) in [5, 5.41) is 10.5. The molecule has 0 aromatic heterocycles. The standard InChI is InChI=1S/C13H15ClO/c1-3-4-5-6-13(15)11-7-10(2)8-12(14)9-11/h1,7-9,13,15H,4-6H2,2H3. The van der Waals surface area contributed by atoms with E-state index in [1.165, 1.54) is 0 Å². The van der Waals surface area contributed by atoms with Crippen molar-refractivity contribution < 1.29 is 5.11 Å². The molecule has 0 fully saturated rings. The summed E-state index contributed by atoms with van der Waals surface area (Å²) in [5.74, 6) is 2.56. The first-order chi connectivity index (χ1) is 7.13. The smallest absolute Gasteiger partial charge is 0.0791 e. The van der Waals surface area contributed by atoms with Gasteiger partial charge in [-0.05, 0) is 43.0 Å². The van der Waals surface area contributed by atoms with E-state index in [1.54, 1.807) is 6.07 Å². The summed E-state index contributed by atoms with van der Waals surface area (Å²) in [7, 11) is 0. The van der Waals surface area contributed by atoms with Crippen LogP contribution in [0.2, 0.25) is 5.02 Å². The van der Waals surface area contributed by atoms with Crippen LogP contribution in [0.4, 0.5) is 0 Å². The molecule has 1 unspecified atom stereocenters. The van der Waals surface area contributed by atoms with Crippen LogP contribution in [0.3, 0.4) is 0 Å². The van der Waals surface area contributed by atoms with Crippen molar-refractivity contribution in [2.45, 2.75) is 32.3 Å². The lowest BCUT2D eigenvalue weighted by atomic mass is 10.0. The molecule has 1 aromatic rings. The lowest BCUT2D eigenvalue weighted by Gasteiger charge is -2.11. The zero-order chi connectivity index (χ0) is 11.3. The molecule has 1 rings (SSSR count). The van der Waals surface area contributed by atoms with Crippen LogP contribution in [0.5, 0.6) is 0 Å². The second-order valence-electron chi connectivity index (χ2n) is 3.67. The Morgan fingerprint density at radius 2 is 2.20 bits per heavy atom. The second kappa shape index (κ2) is 5.80. The predicted octanol–water partition coefficient (Wildman–Crippen LogP) is 3.49. The highest BCUT2D eigenvalue weighted by Gasteiger charge is 2.08. The molecule has 0 amide bonds. The summed E-state index contributed by atoms with van der Waals surface area (Å²) in [4.78, 5) is 0. The van der Waals surface area contributed by atoms with Crippen LogP contribution in [-0.4, -0.2) is 5.11 Å². The van der Waals surface area contributed by atoms with Gasteiger partial charge in [-0.25, -0.2) is 0 Å². The predicted molar refractivity (Wildman–Crippen MR) is 63.8 cm³/mol. The van der Waals surface area contributed by atoms with Gasteiger partial charge in [-0.1, -0.05) is 17.7 Å². The third-order valence-corrected chi connectivity index (χ3v) is 2.47. The quantitative estimate of drug-likeness (QED) is 0.611. The fourth-order valence-electron chi connectivity index (χ4n) is 1.52. The van der Waals surface area contributed by atoms with Crippen molar-refractivity contribution in [3.8, 4) is 12.3 Å². The van der Waals surface area contributed by atoms with Gasteiger partial charge in [0.2, 0.25) is 0 Å². The largest absolute Gasteiger partial charge is 0.388 e. The van der Waals surface area contributed by atoms with Gasteiger partial charge in [0, 0.05) is 11.4 Å². The summed E-state index contributed by atoms with van der Waals surface area (Å²) in [6, 6.07) is 5.63. The molecule has 1 atom stereocenters. The van der Waals surface area contributed by atoms with Gasteiger partial charge in [0.05, 0.1) is 6.10 Å². The van der Waals surface area contributed by atoms with E-state index in [0.29, 0.717) is 17.9 Å². The molecule has 15 heavy (non-hydrogen) atoms. The van der Waals surface area contributed by atoms with E-state index in [2.05, 4.69) is 5.92 Å². The van der Waals surface area contributed by atoms with Crippen LogP contribution in [0.1, 0.15) is 36.5 Å². The Kier molecular flexibility index (Phi) is 4.68. The molecule has 1 nitrogen and oxygen atoms in total. The summed E-state index contributed by atoms with van der Waals surface area (Å²) < 4.78 is 0. The minimum absolute atomic E-state index is 0.462. The van der Waals surface area contributed by atoms with E-state index in [0.717, 1.165) is 17.5 Å². The maximum atomic E-state index is 9.87. The fraction of sp³-hybridized carbons (Fsp3) is 0.385. The molecule has 80 valence electrons. The fourth-order valence-corrected chi connectivity index (χ4v) is 1.82. The Morgan fingerprint density at radius 1 is 1.47 bits per heavy atom. The molecule has 1 aromatic carbocycles. The highest BCUT2D eigenvalue weighted by Crippen LogP contribution is 2.23. The van der Waals surface area contributed by atoms with E-state index >= 15 is 0 Å². The van der Waals surface area contributed by atoms with Gasteiger partial charge in [-0.2, -0.15) is 0 Å². The van der Waals surface area contributed by atoms with Gasteiger partial charge in [-0.15, -0.1) is 12.3 Å². The molecule has 0 radical (unpaired) electrons. The monoisotopic (exact) mass is 222 g/mol.